The van der Waals surface area contributed by atoms with Gasteiger partial charge in [-0.25, -0.2) is 4.98 Å². The summed E-state index contributed by atoms with van der Waals surface area (Å²) in [4.78, 5) is 16.0. The maximum Gasteiger partial charge on any atom is 0.234 e. The van der Waals surface area contributed by atoms with E-state index in [4.69, 9.17) is 11.6 Å². The van der Waals surface area contributed by atoms with Crippen molar-refractivity contribution >= 4 is 50.9 Å². The Hall–Kier alpha value is -1.04. The number of carbonyl (C=O) groups is 1. The number of thioether (sulfide) groups is 1. The first kappa shape index (κ1) is 15.4. The Morgan fingerprint density at radius 1 is 1.40 bits per heavy atom. The van der Waals surface area contributed by atoms with Crippen LogP contribution in [0.1, 0.15) is 5.56 Å². The zero-order chi connectivity index (χ0) is 14.5. The molecule has 0 spiro atoms. The Bertz CT molecular complexity index is 619. The van der Waals surface area contributed by atoms with Crippen LogP contribution in [-0.4, -0.2) is 16.6 Å². The van der Waals surface area contributed by atoms with Crippen LogP contribution in [0.3, 0.4) is 0 Å². The van der Waals surface area contributed by atoms with Gasteiger partial charge in [-0.1, -0.05) is 39.3 Å². The molecule has 1 amide bonds. The summed E-state index contributed by atoms with van der Waals surface area (Å²) in [5.74, 6) is 0.248. The minimum absolute atomic E-state index is 0.0616. The monoisotopic (exact) mass is 370 g/mol. The number of nitrogens with zero attached hydrogens (tertiary/aromatic N) is 1. The summed E-state index contributed by atoms with van der Waals surface area (Å²) >= 11 is 10.6. The van der Waals surface area contributed by atoms with Crippen LogP contribution in [-0.2, 0) is 4.79 Å². The quantitative estimate of drug-likeness (QED) is 0.802. The van der Waals surface area contributed by atoms with Crippen LogP contribution in [0.15, 0.2) is 46.0 Å². The second kappa shape index (κ2) is 7.11. The van der Waals surface area contributed by atoms with E-state index in [-0.39, 0.29) is 5.91 Å². The van der Waals surface area contributed by atoms with Gasteiger partial charge in [0, 0.05) is 16.4 Å². The lowest BCUT2D eigenvalue weighted by Crippen LogP contribution is -2.14. The second-order valence-corrected chi connectivity index (χ2v) is 6.40. The summed E-state index contributed by atoms with van der Waals surface area (Å²) < 4.78 is 1.02. The minimum Gasteiger partial charge on any atom is -0.325 e. The highest BCUT2D eigenvalue weighted by Gasteiger charge is 2.05. The van der Waals surface area contributed by atoms with Gasteiger partial charge in [-0.15, -0.1) is 0 Å². The van der Waals surface area contributed by atoms with Gasteiger partial charge in [0.25, 0.3) is 0 Å². The van der Waals surface area contributed by atoms with E-state index < -0.39 is 0 Å². The Balaban J connectivity index is 1.89. The Labute approximate surface area is 135 Å². The highest BCUT2D eigenvalue weighted by Crippen LogP contribution is 2.21. The van der Waals surface area contributed by atoms with Crippen molar-refractivity contribution < 1.29 is 4.79 Å². The van der Waals surface area contributed by atoms with E-state index in [0.29, 0.717) is 10.8 Å². The number of rotatable bonds is 4. The van der Waals surface area contributed by atoms with Gasteiger partial charge in [0.15, 0.2) is 0 Å². The molecule has 0 unspecified atom stereocenters. The van der Waals surface area contributed by atoms with Gasteiger partial charge in [0.2, 0.25) is 5.91 Å². The smallest absolute Gasteiger partial charge is 0.234 e. The number of aromatic nitrogens is 1. The number of hydrogen-bond donors (Lipinski definition) is 1. The first-order valence-electron chi connectivity index (χ1n) is 5.85. The molecule has 6 heteroatoms. The number of anilines is 1. The average molecular weight is 372 g/mol. The molecule has 0 aliphatic rings. The van der Waals surface area contributed by atoms with Crippen LogP contribution in [0.25, 0.3) is 0 Å². The number of benzene rings is 1. The third kappa shape index (κ3) is 4.51. The van der Waals surface area contributed by atoms with E-state index in [1.807, 2.05) is 25.1 Å². The minimum atomic E-state index is -0.0616. The lowest BCUT2D eigenvalue weighted by molar-refractivity contribution is -0.113. The SMILES string of the molecule is Cc1cc(NC(=O)CSc2ccc(Cl)cn2)ccc1Br. The molecule has 0 fully saturated rings. The second-order valence-electron chi connectivity index (χ2n) is 4.12. The molecule has 0 atom stereocenters. The zero-order valence-electron chi connectivity index (χ0n) is 10.7. The molecule has 0 aliphatic heterocycles. The average Bonchev–Trinajstić information content (AvgIpc) is 2.42. The first-order valence-corrected chi connectivity index (χ1v) is 8.00. The summed E-state index contributed by atoms with van der Waals surface area (Å²) in [7, 11) is 0. The third-order valence-corrected chi connectivity index (χ3v) is 4.55. The number of aryl methyl sites for hydroxylation is 1. The van der Waals surface area contributed by atoms with Gasteiger partial charge < -0.3 is 5.32 Å². The van der Waals surface area contributed by atoms with Crippen LogP contribution in [0.2, 0.25) is 5.02 Å². The summed E-state index contributed by atoms with van der Waals surface area (Å²) in [5, 5.41) is 4.22. The van der Waals surface area contributed by atoms with E-state index in [9.17, 15) is 4.79 Å². The van der Waals surface area contributed by atoms with Crippen molar-refractivity contribution in [2.24, 2.45) is 0 Å². The number of carbonyl (C=O) groups excluding carboxylic acids is 1. The van der Waals surface area contributed by atoms with Crippen LogP contribution < -0.4 is 5.32 Å². The third-order valence-electron chi connectivity index (χ3n) is 2.49. The normalized spacial score (nSPS) is 10.3. The molecular weight excluding hydrogens is 360 g/mol. The maximum absolute atomic E-state index is 11.9. The molecule has 104 valence electrons. The topological polar surface area (TPSA) is 42.0 Å². The molecule has 1 heterocycles. The van der Waals surface area contributed by atoms with Crippen LogP contribution in [0.4, 0.5) is 5.69 Å². The van der Waals surface area contributed by atoms with Gasteiger partial charge in [0.1, 0.15) is 0 Å². The van der Waals surface area contributed by atoms with Gasteiger partial charge in [-0.3, -0.25) is 4.79 Å². The maximum atomic E-state index is 11.9. The number of hydrogen-bond acceptors (Lipinski definition) is 3. The van der Waals surface area contributed by atoms with Gasteiger partial charge >= 0.3 is 0 Å². The molecule has 1 aromatic carbocycles. The van der Waals surface area contributed by atoms with Gasteiger partial charge in [-0.05, 0) is 42.8 Å². The molecule has 3 nitrogen and oxygen atoms in total. The molecule has 20 heavy (non-hydrogen) atoms. The lowest BCUT2D eigenvalue weighted by Gasteiger charge is -2.07. The summed E-state index contributed by atoms with van der Waals surface area (Å²) in [6.07, 6.45) is 1.57. The molecular formula is C14H12BrClN2OS. The zero-order valence-corrected chi connectivity index (χ0v) is 13.8. The summed E-state index contributed by atoms with van der Waals surface area (Å²) in [6, 6.07) is 9.25. The highest BCUT2D eigenvalue weighted by molar-refractivity contribution is 9.10. The van der Waals surface area contributed by atoms with E-state index >= 15 is 0 Å². The van der Waals surface area contributed by atoms with E-state index in [2.05, 4.69) is 26.2 Å². The van der Waals surface area contributed by atoms with Gasteiger partial charge in [0.05, 0.1) is 15.8 Å². The Morgan fingerprint density at radius 3 is 2.85 bits per heavy atom. The molecule has 0 aliphatic carbocycles. The van der Waals surface area contributed by atoms with E-state index in [1.165, 1.54) is 11.8 Å². The van der Waals surface area contributed by atoms with Crippen LogP contribution >= 0.6 is 39.3 Å². The molecule has 0 bridgehead atoms. The highest BCUT2D eigenvalue weighted by atomic mass is 79.9. The van der Waals surface area contributed by atoms with Gasteiger partial charge in [-0.2, -0.15) is 0 Å². The summed E-state index contributed by atoms with van der Waals surface area (Å²) in [5.41, 5.74) is 1.87. The van der Waals surface area contributed by atoms with E-state index in [0.717, 1.165) is 20.7 Å². The van der Waals surface area contributed by atoms with Crippen LogP contribution in [0, 0.1) is 6.92 Å². The molecule has 2 aromatic rings. The predicted octanol–water partition coefficient (Wildman–Crippen LogP) is 4.54. The molecule has 2 rings (SSSR count). The first-order chi connectivity index (χ1) is 9.54. The number of nitrogens with one attached hydrogen (secondary N) is 1. The van der Waals surface area contributed by atoms with Crippen molar-refractivity contribution in [2.75, 3.05) is 11.1 Å². The van der Waals surface area contributed by atoms with Crippen molar-refractivity contribution in [3.63, 3.8) is 0 Å². The standard InChI is InChI=1S/C14H12BrClN2OS/c1-9-6-11(3-4-12(9)15)18-13(19)8-20-14-5-2-10(16)7-17-14/h2-7H,8H2,1H3,(H,18,19). The molecule has 0 radical (unpaired) electrons. The molecule has 1 aromatic heterocycles. The molecule has 1 N–H and O–H groups in total. The predicted molar refractivity (Wildman–Crippen MR) is 87.5 cm³/mol. The number of amides is 1. The van der Waals surface area contributed by atoms with Crippen molar-refractivity contribution in [2.45, 2.75) is 11.9 Å². The Kier molecular flexibility index (Phi) is 5.46. The number of halogens is 2. The fourth-order valence-electron chi connectivity index (χ4n) is 1.51. The molecule has 0 saturated heterocycles. The van der Waals surface area contributed by atoms with Crippen molar-refractivity contribution in [1.29, 1.82) is 0 Å². The van der Waals surface area contributed by atoms with Crippen molar-refractivity contribution in [3.05, 3.63) is 51.6 Å². The van der Waals surface area contributed by atoms with E-state index in [1.54, 1.807) is 18.3 Å². The van der Waals surface area contributed by atoms with Crippen molar-refractivity contribution in [3.8, 4) is 0 Å². The largest absolute Gasteiger partial charge is 0.325 e. The Morgan fingerprint density at radius 2 is 2.20 bits per heavy atom. The van der Waals surface area contributed by atoms with Crippen molar-refractivity contribution in [1.82, 2.24) is 4.98 Å². The van der Waals surface area contributed by atoms with Crippen LogP contribution in [0.5, 0.6) is 0 Å². The fourth-order valence-corrected chi connectivity index (χ4v) is 2.51. The number of pyridine rings is 1. The lowest BCUT2D eigenvalue weighted by atomic mass is 10.2. The summed E-state index contributed by atoms with van der Waals surface area (Å²) in [6.45, 7) is 1.98. The molecule has 0 saturated carbocycles. The fraction of sp³-hybridized carbons (Fsp3) is 0.143.